The number of ether oxygens (including phenoxy) is 1. The third-order valence-corrected chi connectivity index (χ3v) is 3.79. The van der Waals surface area contributed by atoms with Crippen molar-refractivity contribution in [3.63, 3.8) is 0 Å². The Morgan fingerprint density at radius 1 is 1.22 bits per heavy atom. The number of nitrogens with zero attached hydrogens (tertiary/aromatic N) is 1. The lowest BCUT2D eigenvalue weighted by atomic mass is 10.2. The van der Waals surface area contributed by atoms with Crippen molar-refractivity contribution >= 4 is 17.0 Å². The smallest absolute Gasteiger partial charge is 0.146 e. The van der Waals surface area contributed by atoms with Gasteiger partial charge in [-0.2, -0.15) is 0 Å². The number of H-pyrrole nitrogens is 1. The van der Waals surface area contributed by atoms with Crippen molar-refractivity contribution in [1.29, 1.82) is 0 Å². The normalized spacial score (nSPS) is 12.8. The fraction of sp³-hybridized carbons (Fsp3) is 0.211. The maximum atomic E-state index is 5.92. The molecule has 3 aromatic rings. The predicted molar refractivity (Wildman–Crippen MR) is 94.8 cm³/mol. The van der Waals surface area contributed by atoms with Gasteiger partial charge in [0.15, 0.2) is 0 Å². The van der Waals surface area contributed by atoms with Crippen molar-refractivity contribution < 1.29 is 4.74 Å². The highest BCUT2D eigenvalue weighted by Gasteiger charge is 2.01. The van der Waals surface area contributed by atoms with Crippen LogP contribution in [0.3, 0.4) is 0 Å². The number of hydrogen-bond acceptors (Lipinski definition) is 3. The average molecular weight is 307 g/mol. The van der Waals surface area contributed by atoms with E-state index in [0.717, 1.165) is 34.4 Å². The number of pyridine rings is 1. The van der Waals surface area contributed by atoms with Gasteiger partial charge in [0, 0.05) is 29.3 Å². The van der Waals surface area contributed by atoms with Gasteiger partial charge in [0.1, 0.15) is 11.5 Å². The van der Waals surface area contributed by atoms with E-state index >= 15 is 0 Å². The summed E-state index contributed by atoms with van der Waals surface area (Å²) in [6, 6.07) is 10.5. The Morgan fingerprint density at radius 2 is 2.13 bits per heavy atom. The third-order valence-electron chi connectivity index (χ3n) is 3.79. The van der Waals surface area contributed by atoms with E-state index in [9.17, 15) is 0 Å². The molecule has 4 heteroatoms. The van der Waals surface area contributed by atoms with Crippen LogP contribution in [0.25, 0.3) is 17.0 Å². The first-order valence-corrected chi connectivity index (χ1v) is 7.78. The van der Waals surface area contributed by atoms with E-state index in [2.05, 4.69) is 34.4 Å². The van der Waals surface area contributed by atoms with Crippen LogP contribution >= 0.6 is 0 Å². The zero-order chi connectivity index (χ0) is 16.1. The lowest BCUT2D eigenvalue weighted by Crippen LogP contribution is -2.19. The van der Waals surface area contributed by atoms with Crippen LogP contribution in [0.15, 0.2) is 55.0 Å². The van der Waals surface area contributed by atoms with Crippen LogP contribution in [0.5, 0.6) is 11.5 Å². The molecule has 2 N–H and O–H groups in total. The molecular formula is C19H21N3O. The second-order valence-electron chi connectivity index (χ2n) is 5.61. The van der Waals surface area contributed by atoms with Crippen molar-refractivity contribution in [1.82, 2.24) is 15.3 Å². The van der Waals surface area contributed by atoms with Crippen LogP contribution in [-0.2, 0) is 0 Å². The van der Waals surface area contributed by atoms with Gasteiger partial charge in [-0.3, -0.25) is 4.98 Å². The quantitative estimate of drug-likeness (QED) is 0.711. The summed E-state index contributed by atoms with van der Waals surface area (Å²) in [6.45, 7) is 2.15. The highest BCUT2D eigenvalue weighted by atomic mass is 16.5. The van der Waals surface area contributed by atoms with E-state index in [4.69, 9.17) is 4.74 Å². The molecule has 0 saturated heterocycles. The van der Waals surface area contributed by atoms with Crippen LogP contribution in [0.2, 0.25) is 0 Å². The fourth-order valence-electron chi connectivity index (χ4n) is 2.34. The summed E-state index contributed by atoms with van der Waals surface area (Å²) in [5.74, 6) is 1.55. The van der Waals surface area contributed by atoms with Gasteiger partial charge in [-0.1, -0.05) is 12.2 Å². The molecule has 0 radical (unpaired) electrons. The van der Waals surface area contributed by atoms with Crippen molar-refractivity contribution in [3.8, 4) is 11.5 Å². The highest BCUT2D eigenvalue weighted by molar-refractivity contribution is 5.80. The minimum atomic E-state index is 0.465. The van der Waals surface area contributed by atoms with E-state index in [1.807, 2.05) is 49.8 Å². The second-order valence-corrected chi connectivity index (χ2v) is 5.61. The Balaban J connectivity index is 1.71. The summed E-state index contributed by atoms with van der Waals surface area (Å²) in [7, 11) is 1.97. The molecule has 1 aromatic carbocycles. The van der Waals surface area contributed by atoms with Crippen LogP contribution in [0, 0.1) is 0 Å². The lowest BCUT2D eigenvalue weighted by Gasteiger charge is -2.07. The van der Waals surface area contributed by atoms with Crippen LogP contribution in [0.1, 0.15) is 18.9 Å². The molecule has 1 atom stereocenters. The largest absolute Gasteiger partial charge is 0.456 e. The molecule has 0 aliphatic heterocycles. The topological polar surface area (TPSA) is 49.9 Å². The van der Waals surface area contributed by atoms with Crippen LogP contribution in [-0.4, -0.2) is 23.1 Å². The summed E-state index contributed by atoms with van der Waals surface area (Å²) in [4.78, 5) is 7.43. The summed E-state index contributed by atoms with van der Waals surface area (Å²) in [6.07, 6.45) is 10.7. The van der Waals surface area contributed by atoms with Gasteiger partial charge in [-0.25, -0.2) is 0 Å². The molecule has 0 spiro atoms. The molecule has 0 bridgehead atoms. The molecule has 2 heterocycles. The van der Waals surface area contributed by atoms with Crippen LogP contribution < -0.4 is 10.1 Å². The molecule has 4 nitrogen and oxygen atoms in total. The second kappa shape index (κ2) is 7.11. The minimum absolute atomic E-state index is 0.465. The molecule has 0 aliphatic rings. The molecule has 23 heavy (non-hydrogen) atoms. The van der Waals surface area contributed by atoms with Gasteiger partial charge in [0.25, 0.3) is 0 Å². The van der Waals surface area contributed by atoms with Gasteiger partial charge in [-0.15, -0.1) is 0 Å². The fourth-order valence-corrected chi connectivity index (χ4v) is 2.34. The number of aromatic nitrogens is 2. The molecule has 0 saturated carbocycles. The number of aromatic amines is 1. The Kier molecular flexibility index (Phi) is 4.74. The van der Waals surface area contributed by atoms with Crippen molar-refractivity contribution in [2.24, 2.45) is 0 Å². The van der Waals surface area contributed by atoms with Gasteiger partial charge in [0.05, 0.1) is 6.20 Å². The number of hydrogen-bond donors (Lipinski definition) is 2. The first-order chi connectivity index (χ1) is 11.2. The number of nitrogens with one attached hydrogen (secondary N) is 2. The zero-order valence-corrected chi connectivity index (χ0v) is 13.4. The Hall–Kier alpha value is -2.59. The van der Waals surface area contributed by atoms with E-state index in [-0.39, 0.29) is 0 Å². The molecule has 0 aliphatic carbocycles. The molecule has 3 rings (SSSR count). The average Bonchev–Trinajstić information content (AvgIpc) is 3.03. The Labute approximate surface area is 136 Å². The van der Waals surface area contributed by atoms with Gasteiger partial charge < -0.3 is 15.0 Å². The standard InChI is InChI=1S/C19H21N3O/c1-14(20-2)4-3-5-15-10-18(13-21-12-15)23-17-6-7-19-16(11-17)8-9-22-19/h3,5-14,20,22H,4H2,1-2H3/t14-/m1/s1. The molecule has 2 aromatic heterocycles. The molecule has 0 fully saturated rings. The lowest BCUT2D eigenvalue weighted by molar-refractivity contribution is 0.481. The first-order valence-electron chi connectivity index (χ1n) is 7.78. The number of rotatable bonds is 6. The van der Waals surface area contributed by atoms with Crippen molar-refractivity contribution in [2.75, 3.05) is 7.05 Å². The summed E-state index contributed by atoms with van der Waals surface area (Å²) in [5.41, 5.74) is 2.14. The molecular weight excluding hydrogens is 286 g/mol. The van der Waals surface area contributed by atoms with Gasteiger partial charge >= 0.3 is 0 Å². The van der Waals surface area contributed by atoms with Gasteiger partial charge in [0.2, 0.25) is 0 Å². The summed E-state index contributed by atoms with van der Waals surface area (Å²) >= 11 is 0. The highest BCUT2D eigenvalue weighted by Crippen LogP contribution is 2.25. The molecule has 0 amide bonds. The monoisotopic (exact) mass is 307 g/mol. The maximum absolute atomic E-state index is 5.92. The summed E-state index contributed by atoms with van der Waals surface area (Å²) in [5, 5.41) is 4.35. The zero-order valence-electron chi connectivity index (χ0n) is 13.4. The number of benzene rings is 1. The molecule has 0 unspecified atom stereocenters. The van der Waals surface area contributed by atoms with E-state index < -0.39 is 0 Å². The Bertz CT molecular complexity index is 807. The van der Waals surface area contributed by atoms with E-state index in [0.29, 0.717) is 6.04 Å². The van der Waals surface area contributed by atoms with E-state index in [1.165, 1.54) is 0 Å². The van der Waals surface area contributed by atoms with Crippen molar-refractivity contribution in [2.45, 2.75) is 19.4 Å². The SMILES string of the molecule is CN[C@H](C)CC=Cc1cncc(Oc2ccc3[nH]ccc3c2)c1. The predicted octanol–water partition coefficient (Wildman–Crippen LogP) is 4.37. The first kappa shape index (κ1) is 15.3. The number of fused-ring (bicyclic) bond motifs is 1. The van der Waals surface area contributed by atoms with Crippen molar-refractivity contribution in [3.05, 3.63) is 60.6 Å². The molecule has 118 valence electrons. The third kappa shape index (κ3) is 3.99. The summed E-state index contributed by atoms with van der Waals surface area (Å²) < 4.78 is 5.92. The Morgan fingerprint density at radius 3 is 3.00 bits per heavy atom. The van der Waals surface area contributed by atoms with Gasteiger partial charge in [-0.05, 0) is 56.3 Å². The van der Waals surface area contributed by atoms with E-state index in [1.54, 1.807) is 6.20 Å². The van der Waals surface area contributed by atoms with Crippen LogP contribution in [0.4, 0.5) is 0 Å². The minimum Gasteiger partial charge on any atom is -0.456 e. The maximum Gasteiger partial charge on any atom is 0.146 e.